The highest BCUT2D eigenvalue weighted by atomic mass is 32.1. The van der Waals surface area contributed by atoms with Crippen molar-refractivity contribution in [3.8, 4) is 10.6 Å². The first-order chi connectivity index (χ1) is 12.6. The molecule has 2 amide bonds. The Morgan fingerprint density at radius 1 is 1.31 bits per heavy atom. The third-order valence-corrected chi connectivity index (χ3v) is 5.70. The summed E-state index contributed by atoms with van der Waals surface area (Å²) in [7, 11) is 0. The van der Waals surface area contributed by atoms with Crippen LogP contribution in [0.3, 0.4) is 0 Å². The molecule has 1 aliphatic heterocycles. The lowest BCUT2D eigenvalue weighted by Gasteiger charge is -2.23. The number of nitrogens with one attached hydrogen (secondary N) is 1. The van der Waals surface area contributed by atoms with E-state index in [0.29, 0.717) is 28.9 Å². The summed E-state index contributed by atoms with van der Waals surface area (Å²) in [5, 5.41) is 5.51. The average Bonchev–Trinajstić information content (AvgIpc) is 3.12. The molecule has 0 radical (unpaired) electrons. The van der Waals surface area contributed by atoms with E-state index in [0.717, 1.165) is 25.7 Å². The minimum absolute atomic E-state index is 0.0305. The Bertz CT molecular complexity index is 834. The molecule has 1 aromatic heterocycles. The summed E-state index contributed by atoms with van der Waals surface area (Å²) in [4.78, 5) is 31.2. The molecule has 1 N–H and O–H groups in total. The maximum absolute atomic E-state index is 13.4. The molecule has 4 rings (SSSR count). The van der Waals surface area contributed by atoms with Gasteiger partial charge in [0.2, 0.25) is 11.8 Å². The van der Waals surface area contributed by atoms with E-state index in [2.05, 4.69) is 10.3 Å². The Kier molecular flexibility index (Phi) is 4.72. The third-order valence-electron chi connectivity index (χ3n) is 4.76. The number of carbonyl (C=O) groups is 2. The number of benzene rings is 1. The van der Waals surface area contributed by atoms with Gasteiger partial charge in [0.25, 0.3) is 0 Å². The lowest BCUT2D eigenvalue weighted by Crippen LogP contribution is -2.47. The smallest absolute Gasteiger partial charge is 0.243 e. The minimum Gasteiger partial charge on any atom is -0.352 e. The molecule has 1 saturated heterocycles. The van der Waals surface area contributed by atoms with Gasteiger partial charge in [0.1, 0.15) is 16.9 Å². The molecule has 26 heavy (non-hydrogen) atoms. The molecule has 1 unspecified atom stereocenters. The van der Waals surface area contributed by atoms with Crippen LogP contribution in [-0.4, -0.2) is 40.3 Å². The molecule has 1 aromatic carbocycles. The molecule has 0 spiro atoms. The van der Waals surface area contributed by atoms with Crippen molar-refractivity contribution in [3.05, 3.63) is 41.2 Å². The van der Waals surface area contributed by atoms with E-state index >= 15 is 0 Å². The topological polar surface area (TPSA) is 62.3 Å². The van der Waals surface area contributed by atoms with E-state index in [4.69, 9.17) is 0 Å². The fourth-order valence-electron chi connectivity index (χ4n) is 3.26. The van der Waals surface area contributed by atoms with Crippen LogP contribution >= 0.6 is 11.3 Å². The maximum atomic E-state index is 13.4. The molecule has 1 aliphatic carbocycles. The first-order valence-electron chi connectivity index (χ1n) is 8.90. The summed E-state index contributed by atoms with van der Waals surface area (Å²) < 4.78 is 13.4. The van der Waals surface area contributed by atoms with Crippen LogP contribution in [0, 0.1) is 5.82 Å². The Balaban J connectivity index is 1.42. The number of carbonyl (C=O) groups excluding carboxylic acids is 2. The van der Waals surface area contributed by atoms with Crippen LogP contribution in [0.5, 0.6) is 0 Å². The molecular weight excluding hydrogens is 353 g/mol. The summed E-state index contributed by atoms with van der Waals surface area (Å²) >= 11 is 1.39. The number of likely N-dealkylation sites (tertiary alicyclic amines) is 1. The van der Waals surface area contributed by atoms with Gasteiger partial charge in [-0.1, -0.05) is 12.1 Å². The summed E-state index contributed by atoms with van der Waals surface area (Å²) in [6, 6.07) is 6.21. The van der Waals surface area contributed by atoms with Crippen LogP contribution in [0.15, 0.2) is 29.6 Å². The monoisotopic (exact) mass is 373 g/mol. The Hall–Kier alpha value is -2.28. The van der Waals surface area contributed by atoms with Crippen molar-refractivity contribution >= 4 is 23.2 Å². The predicted molar refractivity (Wildman–Crippen MR) is 97.1 cm³/mol. The van der Waals surface area contributed by atoms with E-state index in [1.807, 2.05) is 5.38 Å². The number of amides is 2. The fraction of sp³-hybridized carbons (Fsp3) is 0.421. The van der Waals surface area contributed by atoms with Gasteiger partial charge in [-0.15, -0.1) is 11.3 Å². The molecule has 2 heterocycles. The second kappa shape index (κ2) is 7.15. The van der Waals surface area contributed by atoms with E-state index in [9.17, 15) is 14.0 Å². The number of aromatic nitrogens is 1. The van der Waals surface area contributed by atoms with Gasteiger partial charge < -0.3 is 10.2 Å². The summed E-state index contributed by atoms with van der Waals surface area (Å²) in [5.41, 5.74) is 1.36. The van der Waals surface area contributed by atoms with Crippen LogP contribution in [0.25, 0.3) is 10.6 Å². The second-order valence-corrected chi connectivity index (χ2v) is 7.72. The van der Waals surface area contributed by atoms with Gasteiger partial charge in [-0.25, -0.2) is 9.37 Å². The van der Waals surface area contributed by atoms with Crippen LogP contribution in [0.1, 0.15) is 31.4 Å². The normalized spacial score (nSPS) is 19.6. The lowest BCUT2D eigenvalue weighted by molar-refractivity contribution is -0.138. The highest BCUT2D eigenvalue weighted by Crippen LogP contribution is 2.26. The number of hydrogen-bond acceptors (Lipinski definition) is 4. The average molecular weight is 373 g/mol. The van der Waals surface area contributed by atoms with Crippen molar-refractivity contribution in [2.24, 2.45) is 0 Å². The SMILES string of the molecule is O=C(NC1CC1)C1CCCN1C(=O)Cc1csc(-c2cccc(F)c2)n1. The molecular formula is C19H20FN3O2S. The number of hydrogen-bond donors (Lipinski definition) is 1. The molecule has 0 bridgehead atoms. The highest BCUT2D eigenvalue weighted by molar-refractivity contribution is 7.13. The Morgan fingerprint density at radius 2 is 2.15 bits per heavy atom. The number of thiazole rings is 1. The summed E-state index contributed by atoms with van der Waals surface area (Å²) in [6.45, 7) is 0.614. The quantitative estimate of drug-likeness (QED) is 0.877. The zero-order chi connectivity index (χ0) is 18.1. The first kappa shape index (κ1) is 17.1. The number of halogens is 1. The zero-order valence-corrected chi connectivity index (χ0v) is 15.1. The third kappa shape index (κ3) is 3.77. The van der Waals surface area contributed by atoms with Crippen molar-refractivity contribution in [3.63, 3.8) is 0 Å². The van der Waals surface area contributed by atoms with Crippen LogP contribution in [-0.2, 0) is 16.0 Å². The molecule has 1 atom stereocenters. The molecule has 5 nitrogen and oxygen atoms in total. The number of rotatable bonds is 5. The zero-order valence-electron chi connectivity index (χ0n) is 14.3. The van der Waals surface area contributed by atoms with Crippen molar-refractivity contribution < 1.29 is 14.0 Å². The fourth-order valence-corrected chi connectivity index (χ4v) is 4.08. The highest BCUT2D eigenvalue weighted by Gasteiger charge is 2.36. The van der Waals surface area contributed by atoms with Gasteiger partial charge >= 0.3 is 0 Å². The molecule has 136 valence electrons. The number of nitrogens with zero attached hydrogens (tertiary/aromatic N) is 2. The standard InChI is InChI=1S/C19H20FN3O2S/c20-13-4-1-3-12(9-13)19-22-15(11-26-19)10-17(24)23-8-2-5-16(23)18(25)21-14-6-7-14/h1,3-4,9,11,14,16H,2,5-8,10H2,(H,21,25). The van der Waals surface area contributed by atoms with E-state index in [-0.39, 0.29) is 30.1 Å². The van der Waals surface area contributed by atoms with E-state index in [1.54, 1.807) is 17.0 Å². The summed E-state index contributed by atoms with van der Waals surface area (Å²) in [6.07, 6.45) is 3.80. The van der Waals surface area contributed by atoms with Crippen molar-refractivity contribution in [2.75, 3.05) is 6.54 Å². The minimum atomic E-state index is -0.357. The second-order valence-electron chi connectivity index (χ2n) is 6.86. The van der Waals surface area contributed by atoms with Crippen molar-refractivity contribution in [1.29, 1.82) is 0 Å². The van der Waals surface area contributed by atoms with Crippen molar-refractivity contribution in [2.45, 2.75) is 44.2 Å². The van der Waals surface area contributed by atoms with Gasteiger partial charge in [0.05, 0.1) is 12.1 Å². The van der Waals surface area contributed by atoms with Crippen molar-refractivity contribution in [1.82, 2.24) is 15.2 Å². The molecule has 7 heteroatoms. The van der Waals surface area contributed by atoms with Gasteiger partial charge in [0, 0.05) is 23.5 Å². The molecule has 2 aliphatic rings. The first-order valence-corrected chi connectivity index (χ1v) is 9.78. The van der Waals surface area contributed by atoms with Gasteiger partial charge in [0.15, 0.2) is 0 Å². The lowest BCUT2D eigenvalue weighted by atomic mass is 10.2. The maximum Gasteiger partial charge on any atom is 0.243 e. The predicted octanol–water partition coefficient (Wildman–Crippen LogP) is 2.76. The Morgan fingerprint density at radius 3 is 2.92 bits per heavy atom. The van der Waals surface area contributed by atoms with Crippen LogP contribution < -0.4 is 5.32 Å². The van der Waals surface area contributed by atoms with E-state index < -0.39 is 0 Å². The van der Waals surface area contributed by atoms with Gasteiger partial charge in [-0.3, -0.25) is 9.59 Å². The molecule has 2 aromatic rings. The van der Waals surface area contributed by atoms with Gasteiger partial charge in [-0.2, -0.15) is 0 Å². The largest absolute Gasteiger partial charge is 0.352 e. The van der Waals surface area contributed by atoms with Crippen LogP contribution in [0.2, 0.25) is 0 Å². The molecule has 1 saturated carbocycles. The Labute approximate surface area is 155 Å². The van der Waals surface area contributed by atoms with Gasteiger partial charge in [-0.05, 0) is 37.8 Å². The molecule has 2 fully saturated rings. The van der Waals surface area contributed by atoms with E-state index in [1.165, 1.54) is 23.5 Å². The summed E-state index contributed by atoms with van der Waals surface area (Å²) in [5.74, 6) is -0.413. The van der Waals surface area contributed by atoms with Crippen LogP contribution in [0.4, 0.5) is 4.39 Å².